The molecule has 0 aliphatic carbocycles. The number of benzene rings is 1. The molecule has 0 saturated carbocycles. The zero-order valence-electron chi connectivity index (χ0n) is 12.1. The second kappa shape index (κ2) is 7.48. The summed E-state index contributed by atoms with van der Waals surface area (Å²) in [6.07, 6.45) is 2.83. The van der Waals surface area contributed by atoms with Crippen molar-refractivity contribution < 1.29 is 19.4 Å². The smallest absolute Gasteiger partial charge is 0.328 e. The fourth-order valence-corrected chi connectivity index (χ4v) is 1.74. The number of carbonyl (C=O) groups excluding carboxylic acids is 1. The van der Waals surface area contributed by atoms with Crippen molar-refractivity contribution in [3.63, 3.8) is 0 Å². The lowest BCUT2D eigenvalue weighted by atomic mass is 9.98. The van der Waals surface area contributed by atoms with E-state index in [-0.39, 0.29) is 11.7 Å². The summed E-state index contributed by atoms with van der Waals surface area (Å²) in [6, 6.07) is 5.20. The third kappa shape index (κ3) is 4.53. The summed E-state index contributed by atoms with van der Waals surface area (Å²) in [5.41, 5.74) is 1.42. The molecule has 0 radical (unpaired) electrons. The predicted molar refractivity (Wildman–Crippen MR) is 77.4 cm³/mol. The maximum absolute atomic E-state index is 11.9. The van der Waals surface area contributed by atoms with E-state index in [2.05, 4.69) is 0 Å². The van der Waals surface area contributed by atoms with Gasteiger partial charge in [0.25, 0.3) is 0 Å². The van der Waals surface area contributed by atoms with Gasteiger partial charge < -0.3 is 9.84 Å². The van der Waals surface area contributed by atoms with Crippen molar-refractivity contribution in [1.29, 1.82) is 0 Å². The Kier molecular flexibility index (Phi) is 5.97. The van der Waals surface area contributed by atoms with Crippen LogP contribution in [0.25, 0.3) is 0 Å². The van der Waals surface area contributed by atoms with Crippen molar-refractivity contribution in [2.24, 2.45) is 0 Å². The highest BCUT2D eigenvalue weighted by Gasteiger charge is 2.12. The number of ether oxygens (including phenoxy) is 1. The molecule has 0 unspecified atom stereocenters. The zero-order chi connectivity index (χ0) is 15.1. The number of aliphatic carboxylic acids is 1. The molecule has 0 aliphatic rings. The molecule has 0 fully saturated rings. The maximum Gasteiger partial charge on any atom is 0.328 e. The fraction of sp³-hybridized carbons (Fsp3) is 0.375. The Hall–Kier alpha value is -2.10. The summed E-state index contributed by atoms with van der Waals surface area (Å²) < 4.78 is 5.66. The standard InChI is InChI=1S/C16H20O4/c1-4-9-20-15-7-5-12(10-13(15)11(2)3)14(17)6-8-16(18)19/h5-8,10-11H,4,9H2,1-3H3,(H,18,19)/b8-6+. The van der Waals surface area contributed by atoms with Gasteiger partial charge in [0.15, 0.2) is 5.78 Å². The molecular weight excluding hydrogens is 256 g/mol. The Bertz CT molecular complexity index is 515. The number of allylic oxidation sites excluding steroid dienone is 1. The summed E-state index contributed by atoms with van der Waals surface area (Å²) >= 11 is 0. The largest absolute Gasteiger partial charge is 0.493 e. The molecular formula is C16H20O4. The van der Waals surface area contributed by atoms with Crippen molar-refractivity contribution in [3.05, 3.63) is 41.5 Å². The molecule has 1 N–H and O–H groups in total. The highest BCUT2D eigenvalue weighted by molar-refractivity contribution is 6.07. The van der Waals surface area contributed by atoms with E-state index in [1.165, 1.54) is 0 Å². The van der Waals surface area contributed by atoms with Crippen LogP contribution >= 0.6 is 0 Å². The molecule has 0 spiro atoms. The second-order valence-electron chi connectivity index (χ2n) is 4.79. The quantitative estimate of drug-likeness (QED) is 0.612. The molecule has 108 valence electrons. The average Bonchev–Trinajstić information content (AvgIpc) is 2.42. The molecule has 0 heterocycles. The lowest BCUT2D eigenvalue weighted by molar-refractivity contribution is -0.131. The van der Waals surface area contributed by atoms with E-state index in [4.69, 9.17) is 9.84 Å². The van der Waals surface area contributed by atoms with Gasteiger partial charge in [-0.1, -0.05) is 20.8 Å². The number of hydrogen-bond donors (Lipinski definition) is 1. The van der Waals surface area contributed by atoms with E-state index >= 15 is 0 Å². The van der Waals surface area contributed by atoms with Crippen LogP contribution in [0.3, 0.4) is 0 Å². The van der Waals surface area contributed by atoms with Crippen molar-refractivity contribution >= 4 is 11.8 Å². The average molecular weight is 276 g/mol. The summed E-state index contributed by atoms with van der Waals surface area (Å²) in [5, 5.41) is 8.53. The topological polar surface area (TPSA) is 63.6 Å². The fourth-order valence-electron chi connectivity index (χ4n) is 1.74. The number of hydrogen-bond acceptors (Lipinski definition) is 3. The van der Waals surface area contributed by atoms with Crippen molar-refractivity contribution in [3.8, 4) is 5.75 Å². The van der Waals surface area contributed by atoms with Crippen LogP contribution in [0.15, 0.2) is 30.4 Å². The minimum Gasteiger partial charge on any atom is -0.493 e. The predicted octanol–water partition coefficient (Wildman–Crippen LogP) is 3.42. The monoisotopic (exact) mass is 276 g/mol. The molecule has 1 aromatic carbocycles. The van der Waals surface area contributed by atoms with Gasteiger partial charge in [-0.15, -0.1) is 0 Å². The van der Waals surface area contributed by atoms with E-state index in [9.17, 15) is 9.59 Å². The van der Waals surface area contributed by atoms with Gasteiger partial charge in [0.05, 0.1) is 6.61 Å². The number of carboxylic acids is 1. The second-order valence-corrected chi connectivity index (χ2v) is 4.79. The van der Waals surface area contributed by atoms with Crippen LogP contribution in [0.4, 0.5) is 0 Å². The van der Waals surface area contributed by atoms with E-state index in [1.807, 2.05) is 20.8 Å². The van der Waals surface area contributed by atoms with E-state index in [0.717, 1.165) is 29.9 Å². The van der Waals surface area contributed by atoms with E-state index in [1.54, 1.807) is 18.2 Å². The lowest BCUT2D eigenvalue weighted by Gasteiger charge is -2.14. The van der Waals surface area contributed by atoms with Gasteiger partial charge in [-0.05, 0) is 42.2 Å². The first-order valence-corrected chi connectivity index (χ1v) is 6.67. The molecule has 1 aromatic rings. The molecule has 4 nitrogen and oxygen atoms in total. The van der Waals surface area contributed by atoms with Gasteiger partial charge >= 0.3 is 5.97 Å². The van der Waals surface area contributed by atoms with Gasteiger partial charge in [-0.2, -0.15) is 0 Å². The first-order valence-electron chi connectivity index (χ1n) is 6.67. The minimum atomic E-state index is -1.13. The summed E-state index contributed by atoms with van der Waals surface area (Å²) in [7, 11) is 0. The van der Waals surface area contributed by atoms with Gasteiger partial charge in [-0.25, -0.2) is 4.79 Å². The molecule has 0 aliphatic heterocycles. The SMILES string of the molecule is CCCOc1ccc(C(=O)/C=C/C(=O)O)cc1C(C)C. The highest BCUT2D eigenvalue weighted by atomic mass is 16.5. The highest BCUT2D eigenvalue weighted by Crippen LogP contribution is 2.28. The van der Waals surface area contributed by atoms with Crippen LogP contribution in [0.1, 0.15) is 49.0 Å². The minimum absolute atomic E-state index is 0.220. The normalized spacial score (nSPS) is 11.0. The zero-order valence-corrected chi connectivity index (χ0v) is 12.1. The molecule has 0 saturated heterocycles. The molecule has 20 heavy (non-hydrogen) atoms. The van der Waals surface area contributed by atoms with Gasteiger partial charge in [-0.3, -0.25) is 4.79 Å². The van der Waals surface area contributed by atoms with Crippen LogP contribution in [-0.4, -0.2) is 23.5 Å². The summed E-state index contributed by atoms with van der Waals surface area (Å²) in [5.74, 6) is -0.458. The Morgan fingerprint density at radius 3 is 2.55 bits per heavy atom. The van der Waals surface area contributed by atoms with Crippen molar-refractivity contribution in [2.45, 2.75) is 33.1 Å². The van der Waals surface area contributed by atoms with E-state index in [0.29, 0.717) is 12.2 Å². The Morgan fingerprint density at radius 1 is 1.30 bits per heavy atom. The van der Waals surface area contributed by atoms with Gasteiger partial charge in [0.2, 0.25) is 0 Å². The van der Waals surface area contributed by atoms with Crippen LogP contribution in [0.5, 0.6) is 5.75 Å². The number of carboxylic acid groups (broad SMARTS) is 1. The van der Waals surface area contributed by atoms with Crippen LogP contribution in [0, 0.1) is 0 Å². The van der Waals surface area contributed by atoms with Crippen molar-refractivity contribution in [2.75, 3.05) is 6.61 Å². The molecule has 1 rings (SSSR count). The van der Waals surface area contributed by atoms with Gasteiger partial charge in [0.1, 0.15) is 5.75 Å². The van der Waals surface area contributed by atoms with Crippen LogP contribution in [-0.2, 0) is 4.79 Å². The first-order chi connectivity index (χ1) is 9.45. The van der Waals surface area contributed by atoms with Gasteiger partial charge in [0, 0.05) is 11.6 Å². The Balaban J connectivity index is 3.03. The third-order valence-electron chi connectivity index (χ3n) is 2.76. The lowest BCUT2D eigenvalue weighted by Crippen LogP contribution is -2.03. The molecule has 0 amide bonds. The molecule has 0 aromatic heterocycles. The summed E-state index contributed by atoms with van der Waals surface area (Å²) in [6.45, 7) is 6.71. The molecule has 0 atom stereocenters. The first kappa shape index (κ1) is 16.0. The Labute approximate surface area is 119 Å². The third-order valence-corrected chi connectivity index (χ3v) is 2.76. The van der Waals surface area contributed by atoms with E-state index < -0.39 is 5.97 Å². The number of ketones is 1. The number of rotatable bonds is 7. The summed E-state index contributed by atoms with van der Waals surface area (Å²) in [4.78, 5) is 22.3. The molecule has 0 bridgehead atoms. The van der Waals surface area contributed by atoms with Crippen LogP contribution < -0.4 is 4.74 Å². The Morgan fingerprint density at radius 2 is 2.00 bits per heavy atom. The van der Waals surface area contributed by atoms with Crippen LogP contribution in [0.2, 0.25) is 0 Å². The maximum atomic E-state index is 11.9. The van der Waals surface area contributed by atoms with Crippen molar-refractivity contribution in [1.82, 2.24) is 0 Å². The molecule has 4 heteroatoms. The number of carbonyl (C=O) groups is 2.